The first-order valence-corrected chi connectivity index (χ1v) is 6.37. The molecule has 2 N–H and O–H groups in total. The number of carbonyl (C=O) groups is 1. The number of H-pyrrole nitrogens is 1. The van der Waals surface area contributed by atoms with Gasteiger partial charge in [-0.05, 0) is 30.7 Å². The molecule has 6 nitrogen and oxygen atoms in total. The van der Waals surface area contributed by atoms with Crippen LogP contribution in [0.3, 0.4) is 0 Å². The number of aromatic nitrogens is 3. The Morgan fingerprint density at radius 3 is 2.81 bits per heavy atom. The van der Waals surface area contributed by atoms with E-state index in [0.717, 1.165) is 5.56 Å². The number of hydrogen-bond acceptors (Lipinski definition) is 4. The number of nitrogens with one attached hydrogen (secondary N) is 2. The van der Waals surface area contributed by atoms with Crippen LogP contribution in [0.5, 0.6) is 0 Å². The van der Waals surface area contributed by atoms with Crippen molar-refractivity contribution < 1.29 is 4.79 Å². The Kier molecular flexibility index (Phi) is 3.19. The van der Waals surface area contributed by atoms with Gasteiger partial charge in [0.15, 0.2) is 5.69 Å². The van der Waals surface area contributed by atoms with Crippen molar-refractivity contribution in [3.8, 4) is 0 Å². The highest BCUT2D eigenvalue weighted by Crippen LogP contribution is 2.10. The molecule has 0 fully saturated rings. The molecule has 0 unspecified atom stereocenters. The SMILES string of the molecule is Cc1cccnc1NC(=O)c1n[nH]c2ccccc2c1=O. The maximum Gasteiger partial charge on any atom is 0.281 e. The molecular formula is C15H12N4O2. The number of benzene rings is 1. The lowest BCUT2D eigenvalue weighted by molar-refractivity contribution is 0.102. The first-order chi connectivity index (χ1) is 10.2. The number of aromatic amines is 1. The van der Waals surface area contributed by atoms with Gasteiger partial charge in [0.1, 0.15) is 5.82 Å². The van der Waals surface area contributed by atoms with Crippen molar-refractivity contribution in [2.75, 3.05) is 5.32 Å². The molecule has 0 spiro atoms. The second kappa shape index (κ2) is 5.16. The molecule has 1 aromatic carbocycles. The predicted molar refractivity (Wildman–Crippen MR) is 79.3 cm³/mol. The molecule has 0 atom stereocenters. The monoisotopic (exact) mass is 280 g/mol. The Balaban J connectivity index is 2.01. The summed E-state index contributed by atoms with van der Waals surface area (Å²) in [5.41, 5.74) is 0.810. The minimum atomic E-state index is -0.580. The number of pyridine rings is 1. The van der Waals surface area contributed by atoms with Crippen LogP contribution in [0.2, 0.25) is 0 Å². The maximum atomic E-state index is 12.3. The van der Waals surface area contributed by atoms with E-state index in [1.54, 1.807) is 36.5 Å². The number of rotatable bonds is 2. The zero-order valence-corrected chi connectivity index (χ0v) is 11.3. The molecule has 0 aliphatic heterocycles. The van der Waals surface area contributed by atoms with Crippen LogP contribution >= 0.6 is 0 Å². The molecule has 0 saturated heterocycles. The van der Waals surface area contributed by atoms with Gasteiger partial charge in [-0.1, -0.05) is 18.2 Å². The molecule has 21 heavy (non-hydrogen) atoms. The second-order valence-electron chi connectivity index (χ2n) is 4.57. The van der Waals surface area contributed by atoms with E-state index in [9.17, 15) is 9.59 Å². The highest BCUT2D eigenvalue weighted by Gasteiger charge is 2.16. The van der Waals surface area contributed by atoms with Crippen molar-refractivity contribution in [3.05, 3.63) is 64.1 Å². The number of anilines is 1. The molecular weight excluding hydrogens is 268 g/mol. The first kappa shape index (κ1) is 13.0. The molecule has 3 aromatic rings. The average Bonchev–Trinajstić information content (AvgIpc) is 2.50. The third-order valence-corrected chi connectivity index (χ3v) is 3.13. The Labute approximate surface area is 119 Å². The number of para-hydroxylation sites is 1. The van der Waals surface area contributed by atoms with E-state index in [1.807, 2.05) is 13.0 Å². The van der Waals surface area contributed by atoms with Crippen molar-refractivity contribution in [2.45, 2.75) is 6.92 Å². The molecule has 0 aliphatic carbocycles. The molecule has 104 valence electrons. The molecule has 2 aromatic heterocycles. The average molecular weight is 280 g/mol. The van der Waals surface area contributed by atoms with Gasteiger partial charge in [0.05, 0.1) is 5.52 Å². The minimum absolute atomic E-state index is 0.182. The molecule has 0 bridgehead atoms. The van der Waals surface area contributed by atoms with E-state index in [1.165, 1.54) is 0 Å². The first-order valence-electron chi connectivity index (χ1n) is 6.37. The van der Waals surface area contributed by atoms with E-state index in [4.69, 9.17) is 0 Å². The van der Waals surface area contributed by atoms with Crippen molar-refractivity contribution in [1.82, 2.24) is 15.2 Å². The number of fused-ring (bicyclic) bond motifs is 1. The van der Waals surface area contributed by atoms with E-state index in [0.29, 0.717) is 16.7 Å². The summed E-state index contributed by atoms with van der Waals surface area (Å²) in [6.45, 7) is 1.82. The standard InChI is InChI=1S/C15H12N4O2/c1-9-5-4-8-16-14(9)17-15(21)12-13(20)10-6-2-3-7-11(10)18-19-12/h2-8H,1H3,(H,18,20)(H,16,17,21). The van der Waals surface area contributed by atoms with Gasteiger partial charge < -0.3 is 5.32 Å². The Hall–Kier alpha value is -3.02. The van der Waals surface area contributed by atoms with Gasteiger partial charge in [-0.2, -0.15) is 5.10 Å². The second-order valence-corrected chi connectivity index (χ2v) is 4.57. The van der Waals surface area contributed by atoms with Gasteiger partial charge >= 0.3 is 0 Å². The van der Waals surface area contributed by atoms with Gasteiger partial charge in [-0.15, -0.1) is 0 Å². The van der Waals surface area contributed by atoms with Crippen LogP contribution < -0.4 is 10.7 Å². The molecule has 0 aliphatic rings. The molecule has 0 radical (unpaired) electrons. The van der Waals surface area contributed by atoms with Crippen LogP contribution in [0.15, 0.2) is 47.4 Å². The third-order valence-electron chi connectivity index (χ3n) is 3.13. The normalized spacial score (nSPS) is 10.5. The van der Waals surface area contributed by atoms with E-state index in [-0.39, 0.29) is 5.69 Å². The van der Waals surface area contributed by atoms with Crippen molar-refractivity contribution in [3.63, 3.8) is 0 Å². The van der Waals surface area contributed by atoms with Crippen molar-refractivity contribution in [1.29, 1.82) is 0 Å². The summed E-state index contributed by atoms with van der Waals surface area (Å²) in [6, 6.07) is 10.5. The van der Waals surface area contributed by atoms with Gasteiger partial charge in [-0.3, -0.25) is 14.7 Å². The van der Waals surface area contributed by atoms with Crippen LogP contribution in [-0.4, -0.2) is 21.1 Å². The zero-order chi connectivity index (χ0) is 14.8. The molecule has 0 saturated carbocycles. The largest absolute Gasteiger partial charge is 0.305 e. The number of aryl methyl sites for hydroxylation is 1. The van der Waals surface area contributed by atoms with Crippen LogP contribution in [0, 0.1) is 6.92 Å². The van der Waals surface area contributed by atoms with Gasteiger partial charge in [0.25, 0.3) is 5.91 Å². The Morgan fingerprint density at radius 2 is 2.00 bits per heavy atom. The lowest BCUT2D eigenvalue weighted by atomic mass is 10.2. The van der Waals surface area contributed by atoms with Gasteiger partial charge in [0, 0.05) is 11.6 Å². The summed E-state index contributed by atoms with van der Waals surface area (Å²) in [6.07, 6.45) is 1.57. The fourth-order valence-corrected chi connectivity index (χ4v) is 2.01. The summed E-state index contributed by atoms with van der Waals surface area (Å²) in [7, 11) is 0. The number of nitrogens with zero attached hydrogens (tertiary/aromatic N) is 2. The summed E-state index contributed by atoms with van der Waals surface area (Å²) < 4.78 is 0. The number of amides is 1. The van der Waals surface area contributed by atoms with Crippen LogP contribution in [0.25, 0.3) is 10.9 Å². The summed E-state index contributed by atoms with van der Waals surface area (Å²) in [5.74, 6) is -0.166. The third kappa shape index (κ3) is 2.38. The fraction of sp³-hybridized carbons (Fsp3) is 0.0667. The van der Waals surface area contributed by atoms with Crippen LogP contribution in [-0.2, 0) is 0 Å². The zero-order valence-electron chi connectivity index (χ0n) is 11.3. The highest BCUT2D eigenvalue weighted by atomic mass is 16.2. The van der Waals surface area contributed by atoms with E-state index >= 15 is 0 Å². The molecule has 1 amide bonds. The summed E-state index contributed by atoms with van der Waals surface area (Å²) >= 11 is 0. The van der Waals surface area contributed by atoms with E-state index < -0.39 is 11.3 Å². The fourth-order valence-electron chi connectivity index (χ4n) is 2.01. The maximum absolute atomic E-state index is 12.3. The molecule has 3 rings (SSSR count). The van der Waals surface area contributed by atoms with Crippen LogP contribution in [0.1, 0.15) is 16.1 Å². The van der Waals surface area contributed by atoms with Gasteiger partial charge in [0.2, 0.25) is 5.43 Å². The predicted octanol–water partition coefficient (Wildman–Crippen LogP) is 1.88. The number of carbonyl (C=O) groups excluding carboxylic acids is 1. The Bertz CT molecular complexity index is 886. The van der Waals surface area contributed by atoms with Gasteiger partial charge in [-0.25, -0.2) is 4.98 Å². The molecule has 6 heteroatoms. The smallest absolute Gasteiger partial charge is 0.281 e. The highest BCUT2D eigenvalue weighted by molar-refractivity contribution is 6.04. The van der Waals surface area contributed by atoms with Crippen LogP contribution in [0.4, 0.5) is 5.82 Å². The topological polar surface area (TPSA) is 87.7 Å². The summed E-state index contributed by atoms with van der Waals surface area (Å²) in [4.78, 5) is 28.5. The quantitative estimate of drug-likeness (QED) is 0.750. The Morgan fingerprint density at radius 1 is 1.19 bits per heavy atom. The van der Waals surface area contributed by atoms with E-state index in [2.05, 4.69) is 20.5 Å². The number of hydrogen-bond donors (Lipinski definition) is 2. The van der Waals surface area contributed by atoms with Crippen molar-refractivity contribution >= 4 is 22.6 Å². The lowest BCUT2D eigenvalue weighted by Gasteiger charge is -2.06. The van der Waals surface area contributed by atoms with Crippen molar-refractivity contribution in [2.24, 2.45) is 0 Å². The molecule has 2 heterocycles. The summed E-state index contributed by atoms with van der Waals surface area (Å²) in [5, 5.41) is 9.59. The minimum Gasteiger partial charge on any atom is -0.305 e. The lowest BCUT2D eigenvalue weighted by Crippen LogP contribution is -2.25.